The van der Waals surface area contributed by atoms with Gasteiger partial charge in [0.1, 0.15) is 6.04 Å². The molecule has 126 valence electrons. The molecule has 0 saturated heterocycles. The maximum Gasteiger partial charge on any atom is 0.262 e. The third-order valence-corrected chi connectivity index (χ3v) is 4.03. The first-order chi connectivity index (χ1) is 12.1. The fourth-order valence-electron chi connectivity index (χ4n) is 2.50. The molecule has 1 amide bonds. The molecule has 5 heteroatoms. The molecule has 0 unspecified atom stereocenters. The van der Waals surface area contributed by atoms with E-state index in [1.165, 1.54) is 0 Å². The van der Waals surface area contributed by atoms with Crippen LogP contribution in [0.5, 0.6) is 0 Å². The molecule has 0 aromatic heterocycles. The minimum atomic E-state index is -0.428. The first-order valence-electron chi connectivity index (χ1n) is 7.96. The van der Waals surface area contributed by atoms with Crippen molar-refractivity contribution in [1.82, 2.24) is 5.43 Å². The molecular weight excluding hydrogens is 334 g/mol. The van der Waals surface area contributed by atoms with E-state index in [1.54, 1.807) is 25.3 Å². The standard InChI is InChI=1S/C20H18ClN3O/c1-14(20(25)24-22-13-15-6-4-9-17(21)12-15)23-19-11-5-8-16-7-2-3-10-18(16)19/h2-14,23H,1H3,(H,24,25)/b22-13-/t14-/m0/s1. The summed E-state index contributed by atoms with van der Waals surface area (Å²) in [6.45, 7) is 1.80. The van der Waals surface area contributed by atoms with Gasteiger partial charge >= 0.3 is 0 Å². The van der Waals surface area contributed by atoms with Crippen molar-refractivity contribution in [3.8, 4) is 0 Å². The Balaban J connectivity index is 1.64. The summed E-state index contributed by atoms with van der Waals surface area (Å²) in [6.07, 6.45) is 1.56. The van der Waals surface area contributed by atoms with Gasteiger partial charge in [-0.15, -0.1) is 0 Å². The van der Waals surface area contributed by atoms with E-state index in [-0.39, 0.29) is 5.91 Å². The first-order valence-corrected chi connectivity index (χ1v) is 8.34. The highest BCUT2D eigenvalue weighted by Crippen LogP contribution is 2.23. The smallest absolute Gasteiger partial charge is 0.262 e. The van der Waals surface area contributed by atoms with Crippen LogP contribution in [0.15, 0.2) is 71.8 Å². The largest absolute Gasteiger partial charge is 0.373 e. The minimum Gasteiger partial charge on any atom is -0.373 e. The number of anilines is 1. The Kier molecular flexibility index (Phi) is 5.31. The number of halogens is 1. The topological polar surface area (TPSA) is 53.5 Å². The predicted molar refractivity (Wildman–Crippen MR) is 104 cm³/mol. The molecule has 0 heterocycles. The lowest BCUT2D eigenvalue weighted by atomic mass is 10.1. The summed E-state index contributed by atoms with van der Waals surface area (Å²) in [5.74, 6) is -0.216. The molecule has 0 saturated carbocycles. The van der Waals surface area contributed by atoms with E-state index in [9.17, 15) is 4.79 Å². The van der Waals surface area contributed by atoms with Crippen LogP contribution >= 0.6 is 11.6 Å². The maximum absolute atomic E-state index is 12.2. The molecule has 4 nitrogen and oxygen atoms in total. The van der Waals surface area contributed by atoms with Crippen LogP contribution in [0.4, 0.5) is 5.69 Å². The van der Waals surface area contributed by atoms with Crippen LogP contribution < -0.4 is 10.7 Å². The summed E-state index contributed by atoms with van der Waals surface area (Å²) in [5.41, 5.74) is 4.28. The summed E-state index contributed by atoms with van der Waals surface area (Å²) >= 11 is 5.92. The number of carbonyl (C=O) groups excluding carboxylic acids is 1. The molecule has 1 atom stereocenters. The van der Waals surface area contributed by atoms with E-state index in [4.69, 9.17) is 11.6 Å². The third-order valence-electron chi connectivity index (χ3n) is 3.79. The second kappa shape index (κ2) is 7.81. The molecule has 3 rings (SSSR count). The molecular formula is C20H18ClN3O. The molecule has 0 spiro atoms. The van der Waals surface area contributed by atoms with Crippen LogP contribution in [-0.2, 0) is 4.79 Å². The summed E-state index contributed by atoms with van der Waals surface area (Å²) in [7, 11) is 0. The summed E-state index contributed by atoms with van der Waals surface area (Å²) < 4.78 is 0. The van der Waals surface area contributed by atoms with Gasteiger partial charge in [-0.25, -0.2) is 5.43 Å². The van der Waals surface area contributed by atoms with E-state index in [0.29, 0.717) is 5.02 Å². The molecule has 0 radical (unpaired) electrons. The lowest BCUT2D eigenvalue weighted by Gasteiger charge is -2.15. The van der Waals surface area contributed by atoms with Crippen molar-refractivity contribution in [2.24, 2.45) is 5.10 Å². The first kappa shape index (κ1) is 17.0. The van der Waals surface area contributed by atoms with E-state index in [1.807, 2.05) is 54.6 Å². The minimum absolute atomic E-state index is 0.216. The number of rotatable bonds is 5. The molecule has 0 aliphatic heterocycles. The molecule has 3 aromatic rings. The summed E-state index contributed by atoms with van der Waals surface area (Å²) in [6, 6.07) is 20.8. The van der Waals surface area contributed by atoms with E-state index in [2.05, 4.69) is 15.8 Å². The lowest BCUT2D eigenvalue weighted by molar-refractivity contribution is -0.121. The zero-order valence-corrected chi connectivity index (χ0v) is 14.5. The zero-order valence-electron chi connectivity index (χ0n) is 13.7. The summed E-state index contributed by atoms with van der Waals surface area (Å²) in [4.78, 5) is 12.2. The molecule has 0 bridgehead atoms. The second-order valence-electron chi connectivity index (χ2n) is 5.68. The number of hydrogen-bond acceptors (Lipinski definition) is 3. The average Bonchev–Trinajstić information content (AvgIpc) is 2.62. The van der Waals surface area contributed by atoms with Gasteiger partial charge in [-0.05, 0) is 36.1 Å². The molecule has 2 N–H and O–H groups in total. The quantitative estimate of drug-likeness (QED) is 0.527. The van der Waals surface area contributed by atoms with Crippen molar-refractivity contribution >= 4 is 40.2 Å². The number of carbonyl (C=O) groups is 1. The Morgan fingerprint density at radius 1 is 1.08 bits per heavy atom. The van der Waals surface area contributed by atoms with Crippen LogP contribution in [-0.4, -0.2) is 18.2 Å². The average molecular weight is 352 g/mol. The normalized spacial score (nSPS) is 12.2. The van der Waals surface area contributed by atoms with Crippen molar-refractivity contribution in [2.75, 3.05) is 5.32 Å². The van der Waals surface area contributed by atoms with Gasteiger partial charge in [-0.2, -0.15) is 5.10 Å². The fraction of sp³-hybridized carbons (Fsp3) is 0.100. The Morgan fingerprint density at radius 3 is 2.68 bits per heavy atom. The van der Waals surface area contributed by atoms with E-state index < -0.39 is 6.04 Å². The number of hydrogen-bond donors (Lipinski definition) is 2. The molecule has 0 fully saturated rings. The van der Waals surface area contributed by atoms with E-state index in [0.717, 1.165) is 22.0 Å². The van der Waals surface area contributed by atoms with Gasteiger partial charge in [-0.1, -0.05) is 60.1 Å². The lowest BCUT2D eigenvalue weighted by Crippen LogP contribution is -2.34. The SMILES string of the molecule is C[C@H](Nc1cccc2ccccc12)C(=O)N/N=C\c1cccc(Cl)c1. The van der Waals surface area contributed by atoms with Crippen LogP contribution in [0.1, 0.15) is 12.5 Å². The van der Waals surface area contributed by atoms with Crippen molar-refractivity contribution in [3.63, 3.8) is 0 Å². The van der Waals surface area contributed by atoms with Gasteiger partial charge < -0.3 is 5.32 Å². The van der Waals surface area contributed by atoms with Gasteiger partial charge in [0.2, 0.25) is 0 Å². The monoisotopic (exact) mass is 351 g/mol. The van der Waals surface area contributed by atoms with Crippen molar-refractivity contribution in [2.45, 2.75) is 13.0 Å². The number of benzene rings is 3. The molecule has 25 heavy (non-hydrogen) atoms. The number of nitrogens with one attached hydrogen (secondary N) is 2. The predicted octanol–water partition coefficient (Wildman–Crippen LogP) is 4.44. The van der Waals surface area contributed by atoms with Crippen LogP contribution in [0, 0.1) is 0 Å². The highest BCUT2D eigenvalue weighted by Gasteiger charge is 2.12. The van der Waals surface area contributed by atoms with Gasteiger partial charge in [0.05, 0.1) is 6.21 Å². The van der Waals surface area contributed by atoms with Gasteiger partial charge in [0.25, 0.3) is 5.91 Å². The second-order valence-corrected chi connectivity index (χ2v) is 6.12. The fourth-order valence-corrected chi connectivity index (χ4v) is 2.70. The van der Waals surface area contributed by atoms with Gasteiger partial charge in [0, 0.05) is 16.1 Å². The van der Waals surface area contributed by atoms with Crippen molar-refractivity contribution in [1.29, 1.82) is 0 Å². The number of amides is 1. The Labute approximate surface area is 151 Å². The van der Waals surface area contributed by atoms with Gasteiger partial charge in [-0.3, -0.25) is 4.79 Å². The molecule has 0 aliphatic carbocycles. The number of hydrazone groups is 1. The van der Waals surface area contributed by atoms with Crippen LogP contribution in [0.2, 0.25) is 5.02 Å². The van der Waals surface area contributed by atoms with Crippen molar-refractivity contribution < 1.29 is 4.79 Å². The number of nitrogens with zero attached hydrogens (tertiary/aromatic N) is 1. The summed E-state index contributed by atoms with van der Waals surface area (Å²) in [5, 5.41) is 10.0. The highest BCUT2D eigenvalue weighted by atomic mass is 35.5. The zero-order chi connectivity index (χ0) is 17.6. The maximum atomic E-state index is 12.2. The van der Waals surface area contributed by atoms with E-state index >= 15 is 0 Å². The third kappa shape index (κ3) is 4.37. The Hall–Kier alpha value is -2.85. The molecule has 0 aliphatic rings. The highest BCUT2D eigenvalue weighted by molar-refractivity contribution is 6.30. The molecule has 3 aromatic carbocycles. The number of fused-ring (bicyclic) bond motifs is 1. The van der Waals surface area contributed by atoms with Crippen LogP contribution in [0.25, 0.3) is 10.8 Å². The van der Waals surface area contributed by atoms with Crippen LogP contribution in [0.3, 0.4) is 0 Å². The Morgan fingerprint density at radius 2 is 1.84 bits per heavy atom. The Bertz CT molecular complexity index is 918. The van der Waals surface area contributed by atoms with Crippen molar-refractivity contribution in [3.05, 3.63) is 77.3 Å². The van der Waals surface area contributed by atoms with Gasteiger partial charge in [0.15, 0.2) is 0 Å².